The lowest BCUT2D eigenvalue weighted by atomic mass is 10.1. The third-order valence-corrected chi connectivity index (χ3v) is 6.78. The number of hydrogen-bond acceptors (Lipinski definition) is 3. The van der Waals surface area contributed by atoms with Crippen molar-refractivity contribution in [3.05, 3.63) is 65.7 Å². The molecule has 1 heterocycles. The maximum absolute atomic E-state index is 12.7. The van der Waals surface area contributed by atoms with Gasteiger partial charge >= 0.3 is 0 Å². The van der Waals surface area contributed by atoms with Crippen LogP contribution in [0.1, 0.15) is 42.1 Å². The Balaban J connectivity index is 1.63. The van der Waals surface area contributed by atoms with Gasteiger partial charge in [0.15, 0.2) is 0 Å². The van der Waals surface area contributed by atoms with Crippen molar-refractivity contribution in [3.63, 3.8) is 0 Å². The molecule has 0 bridgehead atoms. The quantitative estimate of drug-likeness (QED) is 0.794. The smallest absolute Gasteiger partial charge is 0.251 e. The Morgan fingerprint density at radius 1 is 1.07 bits per heavy atom. The van der Waals surface area contributed by atoms with Crippen LogP contribution in [0.15, 0.2) is 59.5 Å². The van der Waals surface area contributed by atoms with E-state index in [-0.39, 0.29) is 16.8 Å². The van der Waals surface area contributed by atoms with Gasteiger partial charge < -0.3 is 5.32 Å². The molecule has 1 aliphatic heterocycles. The molecule has 1 amide bonds. The van der Waals surface area contributed by atoms with Gasteiger partial charge in [-0.15, -0.1) is 0 Å². The van der Waals surface area contributed by atoms with Gasteiger partial charge in [0.25, 0.3) is 5.91 Å². The number of amides is 1. The predicted octanol–water partition coefficient (Wildman–Crippen LogP) is 3.22. The second-order valence-corrected chi connectivity index (χ2v) is 8.98. The van der Waals surface area contributed by atoms with Crippen molar-refractivity contribution in [3.8, 4) is 0 Å². The molecule has 2 aromatic carbocycles. The maximum atomic E-state index is 12.7. The van der Waals surface area contributed by atoms with E-state index in [0.717, 1.165) is 25.7 Å². The lowest BCUT2D eigenvalue weighted by Crippen LogP contribution is -2.33. The average Bonchev–Trinajstić information content (AvgIpc) is 3.23. The molecule has 0 aliphatic carbocycles. The molecule has 0 aromatic heterocycles. The zero-order valence-electron chi connectivity index (χ0n) is 15.6. The van der Waals surface area contributed by atoms with Crippen LogP contribution in [0.5, 0.6) is 0 Å². The van der Waals surface area contributed by atoms with Crippen LogP contribution in [-0.2, 0) is 16.4 Å². The Kier molecular flexibility index (Phi) is 6.29. The summed E-state index contributed by atoms with van der Waals surface area (Å²) in [5.74, 6) is -0.242. The van der Waals surface area contributed by atoms with Gasteiger partial charge in [0.05, 0.1) is 4.90 Å². The molecule has 5 nitrogen and oxygen atoms in total. The maximum Gasteiger partial charge on any atom is 0.251 e. The van der Waals surface area contributed by atoms with E-state index in [9.17, 15) is 13.2 Å². The SMILES string of the molecule is C[C@@H](CCc1ccccc1)NC(=O)c1cccc(S(=O)(=O)N2CCCC2)c1. The molecule has 0 spiro atoms. The Labute approximate surface area is 161 Å². The van der Waals surface area contributed by atoms with E-state index >= 15 is 0 Å². The number of aryl methyl sites for hydroxylation is 1. The third-order valence-electron chi connectivity index (χ3n) is 4.89. The minimum absolute atomic E-state index is 0.00319. The van der Waals surface area contributed by atoms with Crippen molar-refractivity contribution in [1.82, 2.24) is 9.62 Å². The first-order chi connectivity index (χ1) is 13.0. The Hall–Kier alpha value is -2.18. The fraction of sp³-hybridized carbons (Fsp3) is 0.381. The van der Waals surface area contributed by atoms with Gasteiger partial charge in [0, 0.05) is 24.7 Å². The second-order valence-electron chi connectivity index (χ2n) is 7.04. The highest BCUT2D eigenvalue weighted by molar-refractivity contribution is 7.89. The number of carbonyl (C=O) groups excluding carboxylic acids is 1. The van der Waals surface area contributed by atoms with Crippen LogP contribution < -0.4 is 5.32 Å². The van der Waals surface area contributed by atoms with Gasteiger partial charge in [-0.1, -0.05) is 36.4 Å². The molecule has 1 atom stereocenters. The summed E-state index contributed by atoms with van der Waals surface area (Å²) in [7, 11) is -3.52. The summed E-state index contributed by atoms with van der Waals surface area (Å²) in [4.78, 5) is 12.7. The highest BCUT2D eigenvalue weighted by Gasteiger charge is 2.27. The molecular weight excluding hydrogens is 360 g/mol. The van der Waals surface area contributed by atoms with Crippen molar-refractivity contribution in [1.29, 1.82) is 0 Å². The van der Waals surface area contributed by atoms with Gasteiger partial charge in [-0.2, -0.15) is 4.31 Å². The van der Waals surface area contributed by atoms with E-state index < -0.39 is 10.0 Å². The first-order valence-electron chi connectivity index (χ1n) is 9.42. The first-order valence-corrected chi connectivity index (χ1v) is 10.9. The molecule has 6 heteroatoms. The molecule has 3 rings (SSSR count). The highest BCUT2D eigenvalue weighted by atomic mass is 32.2. The normalized spacial score (nSPS) is 16.2. The van der Waals surface area contributed by atoms with E-state index in [1.165, 1.54) is 15.9 Å². The fourth-order valence-corrected chi connectivity index (χ4v) is 4.85. The first kappa shape index (κ1) is 19.6. The summed E-state index contributed by atoms with van der Waals surface area (Å²) < 4.78 is 26.9. The van der Waals surface area contributed by atoms with Crippen LogP contribution in [-0.4, -0.2) is 37.8 Å². The van der Waals surface area contributed by atoms with E-state index in [2.05, 4.69) is 17.4 Å². The molecule has 1 saturated heterocycles. The van der Waals surface area contributed by atoms with E-state index in [0.29, 0.717) is 18.7 Å². The number of rotatable bonds is 7. The van der Waals surface area contributed by atoms with Gasteiger partial charge in [-0.05, 0) is 56.4 Å². The fourth-order valence-electron chi connectivity index (χ4n) is 3.28. The number of hydrogen-bond donors (Lipinski definition) is 1. The molecule has 0 unspecified atom stereocenters. The Bertz CT molecular complexity index is 875. The lowest BCUT2D eigenvalue weighted by molar-refractivity contribution is 0.0938. The molecule has 1 aliphatic rings. The van der Waals surface area contributed by atoms with Crippen LogP contribution >= 0.6 is 0 Å². The summed E-state index contributed by atoms with van der Waals surface area (Å²) in [6, 6.07) is 16.5. The zero-order valence-corrected chi connectivity index (χ0v) is 16.4. The molecule has 1 fully saturated rings. The third kappa shape index (κ3) is 4.96. The van der Waals surface area contributed by atoms with Gasteiger partial charge in [0.1, 0.15) is 0 Å². The highest BCUT2D eigenvalue weighted by Crippen LogP contribution is 2.21. The van der Waals surface area contributed by atoms with Crippen LogP contribution in [0.3, 0.4) is 0 Å². The number of benzene rings is 2. The molecule has 2 aromatic rings. The van der Waals surface area contributed by atoms with Crippen LogP contribution in [0.25, 0.3) is 0 Å². The molecule has 27 heavy (non-hydrogen) atoms. The largest absolute Gasteiger partial charge is 0.350 e. The van der Waals surface area contributed by atoms with Crippen molar-refractivity contribution >= 4 is 15.9 Å². The van der Waals surface area contributed by atoms with Gasteiger partial charge in [0.2, 0.25) is 10.0 Å². The van der Waals surface area contributed by atoms with E-state index in [1.54, 1.807) is 18.2 Å². The molecule has 1 N–H and O–H groups in total. The predicted molar refractivity (Wildman–Crippen MR) is 106 cm³/mol. The molecule has 0 radical (unpaired) electrons. The lowest BCUT2D eigenvalue weighted by Gasteiger charge is -2.17. The topological polar surface area (TPSA) is 66.5 Å². The monoisotopic (exact) mass is 386 g/mol. The summed E-state index contributed by atoms with van der Waals surface area (Å²) in [5.41, 5.74) is 1.61. The number of nitrogens with one attached hydrogen (secondary N) is 1. The average molecular weight is 387 g/mol. The van der Waals surface area contributed by atoms with Gasteiger partial charge in [-0.25, -0.2) is 8.42 Å². The van der Waals surface area contributed by atoms with E-state index in [1.807, 2.05) is 25.1 Å². The van der Waals surface area contributed by atoms with Crippen LogP contribution in [0.2, 0.25) is 0 Å². The standard InChI is InChI=1S/C21H26N2O3S/c1-17(12-13-18-8-3-2-4-9-18)22-21(24)19-10-7-11-20(16-19)27(25,26)23-14-5-6-15-23/h2-4,7-11,16-17H,5-6,12-15H2,1H3,(H,22,24)/t17-/m0/s1. The van der Waals surface area contributed by atoms with Crippen molar-refractivity contribution in [2.45, 2.75) is 43.5 Å². The molecule has 144 valence electrons. The summed E-state index contributed by atoms with van der Waals surface area (Å²) >= 11 is 0. The Morgan fingerprint density at radius 2 is 1.78 bits per heavy atom. The van der Waals surface area contributed by atoms with Crippen molar-refractivity contribution in [2.24, 2.45) is 0 Å². The summed E-state index contributed by atoms with van der Waals surface area (Å²) in [5, 5.41) is 2.97. The van der Waals surface area contributed by atoms with E-state index in [4.69, 9.17) is 0 Å². The number of nitrogens with zero attached hydrogens (tertiary/aromatic N) is 1. The Morgan fingerprint density at radius 3 is 2.48 bits per heavy atom. The second kappa shape index (κ2) is 8.67. The van der Waals surface area contributed by atoms with Crippen molar-refractivity contribution in [2.75, 3.05) is 13.1 Å². The zero-order chi connectivity index (χ0) is 19.3. The van der Waals surface area contributed by atoms with Gasteiger partial charge in [-0.3, -0.25) is 4.79 Å². The van der Waals surface area contributed by atoms with Crippen LogP contribution in [0, 0.1) is 0 Å². The summed E-state index contributed by atoms with van der Waals surface area (Å²) in [6.07, 6.45) is 3.48. The van der Waals surface area contributed by atoms with Crippen molar-refractivity contribution < 1.29 is 13.2 Å². The minimum Gasteiger partial charge on any atom is -0.350 e. The molecule has 0 saturated carbocycles. The van der Waals surface area contributed by atoms with Crippen LogP contribution in [0.4, 0.5) is 0 Å². The number of sulfonamides is 1. The molecular formula is C21H26N2O3S. The minimum atomic E-state index is -3.52. The summed E-state index contributed by atoms with van der Waals surface area (Å²) in [6.45, 7) is 3.07. The number of carbonyl (C=O) groups is 1.